The van der Waals surface area contributed by atoms with Crippen LogP contribution in [0.3, 0.4) is 0 Å². The molecule has 2 aliphatic rings. The number of nitrogens with zero attached hydrogens (tertiary/aromatic N) is 2. The molecule has 0 saturated carbocycles. The van der Waals surface area contributed by atoms with E-state index in [1.165, 1.54) is 38.8 Å². The van der Waals surface area contributed by atoms with Crippen molar-refractivity contribution in [2.24, 2.45) is 5.92 Å². The van der Waals surface area contributed by atoms with E-state index in [0.29, 0.717) is 18.7 Å². The number of rotatable bonds is 4. The predicted molar refractivity (Wildman–Crippen MR) is 74.7 cm³/mol. The number of ketones is 1. The first-order chi connectivity index (χ1) is 8.69. The molecule has 2 saturated heterocycles. The Bertz CT molecular complexity index is 264. The van der Waals surface area contributed by atoms with Gasteiger partial charge in [0, 0.05) is 25.6 Å². The minimum atomic E-state index is 0.389. The molecule has 18 heavy (non-hydrogen) atoms. The molecule has 0 unspecified atom stereocenters. The SMILES string of the molecule is CCC(=O)CN1CCC(N2CCC(C)CC2)CC1. The lowest BCUT2D eigenvalue weighted by molar-refractivity contribution is -0.120. The van der Waals surface area contributed by atoms with E-state index in [2.05, 4.69) is 16.7 Å². The number of Topliss-reactive ketones (excluding diaryl/α,β-unsaturated/α-hetero) is 1. The van der Waals surface area contributed by atoms with Crippen molar-refractivity contribution < 1.29 is 4.79 Å². The van der Waals surface area contributed by atoms with E-state index in [1.807, 2.05) is 6.92 Å². The van der Waals surface area contributed by atoms with Gasteiger partial charge in [0.05, 0.1) is 6.54 Å². The van der Waals surface area contributed by atoms with Crippen molar-refractivity contribution in [2.45, 2.75) is 52.0 Å². The van der Waals surface area contributed by atoms with Gasteiger partial charge in [-0.05, 0) is 44.7 Å². The van der Waals surface area contributed by atoms with Crippen molar-refractivity contribution in [1.82, 2.24) is 9.80 Å². The molecule has 2 heterocycles. The maximum absolute atomic E-state index is 11.4. The maximum Gasteiger partial charge on any atom is 0.146 e. The third kappa shape index (κ3) is 3.79. The Morgan fingerprint density at radius 3 is 2.22 bits per heavy atom. The number of piperidine rings is 2. The van der Waals surface area contributed by atoms with Gasteiger partial charge in [-0.1, -0.05) is 13.8 Å². The highest BCUT2D eigenvalue weighted by Crippen LogP contribution is 2.23. The van der Waals surface area contributed by atoms with Gasteiger partial charge in [-0.25, -0.2) is 0 Å². The Labute approximate surface area is 112 Å². The van der Waals surface area contributed by atoms with Gasteiger partial charge < -0.3 is 4.90 Å². The van der Waals surface area contributed by atoms with Crippen LogP contribution in [0.1, 0.15) is 46.0 Å². The lowest BCUT2D eigenvalue weighted by Gasteiger charge is -2.41. The van der Waals surface area contributed by atoms with Crippen molar-refractivity contribution >= 4 is 5.78 Å². The van der Waals surface area contributed by atoms with Crippen LogP contribution in [-0.4, -0.2) is 54.3 Å². The lowest BCUT2D eigenvalue weighted by atomic mass is 9.95. The van der Waals surface area contributed by atoms with Crippen LogP contribution in [-0.2, 0) is 4.79 Å². The zero-order chi connectivity index (χ0) is 13.0. The van der Waals surface area contributed by atoms with Gasteiger partial charge in [-0.15, -0.1) is 0 Å². The van der Waals surface area contributed by atoms with Gasteiger partial charge in [0.15, 0.2) is 0 Å². The Balaban J connectivity index is 1.71. The fourth-order valence-corrected chi connectivity index (χ4v) is 3.20. The number of hydrogen-bond donors (Lipinski definition) is 0. The molecule has 104 valence electrons. The molecule has 0 amide bonds. The van der Waals surface area contributed by atoms with Crippen molar-refractivity contribution in [3.8, 4) is 0 Å². The molecule has 0 aromatic carbocycles. The first-order valence-electron chi connectivity index (χ1n) is 7.67. The Morgan fingerprint density at radius 2 is 1.67 bits per heavy atom. The molecule has 0 aliphatic carbocycles. The average molecular weight is 252 g/mol. The third-order valence-corrected chi connectivity index (χ3v) is 4.69. The highest BCUT2D eigenvalue weighted by Gasteiger charge is 2.27. The van der Waals surface area contributed by atoms with Crippen molar-refractivity contribution in [3.63, 3.8) is 0 Å². The molecule has 0 aromatic rings. The van der Waals surface area contributed by atoms with E-state index in [1.54, 1.807) is 0 Å². The fourth-order valence-electron chi connectivity index (χ4n) is 3.20. The molecular formula is C15H28N2O. The summed E-state index contributed by atoms with van der Waals surface area (Å²) in [5, 5.41) is 0. The van der Waals surface area contributed by atoms with Gasteiger partial charge in [-0.3, -0.25) is 9.69 Å². The molecule has 0 N–H and O–H groups in total. The van der Waals surface area contributed by atoms with Gasteiger partial charge in [-0.2, -0.15) is 0 Å². The minimum absolute atomic E-state index is 0.389. The molecule has 2 aliphatic heterocycles. The normalized spacial score (nSPS) is 25.4. The second-order valence-corrected chi connectivity index (χ2v) is 6.12. The van der Waals surface area contributed by atoms with Crippen molar-refractivity contribution in [1.29, 1.82) is 0 Å². The van der Waals surface area contributed by atoms with Crippen molar-refractivity contribution in [2.75, 3.05) is 32.7 Å². The van der Waals surface area contributed by atoms with E-state index in [-0.39, 0.29) is 0 Å². The lowest BCUT2D eigenvalue weighted by Crippen LogP contribution is -2.48. The highest BCUT2D eigenvalue weighted by molar-refractivity contribution is 5.80. The second kappa shape index (κ2) is 6.67. The molecule has 3 heteroatoms. The van der Waals surface area contributed by atoms with Gasteiger partial charge in [0.2, 0.25) is 0 Å². The summed E-state index contributed by atoms with van der Waals surface area (Å²) in [6, 6.07) is 0.783. The minimum Gasteiger partial charge on any atom is -0.300 e. The van der Waals surface area contributed by atoms with Crippen molar-refractivity contribution in [3.05, 3.63) is 0 Å². The standard InChI is InChI=1S/C15H28N2O/c1-3-15(18)12-16-8-6-14(7-9-16)17-10-4-13(2)5-11-17/h13-14H,3-12H2,1-2H3. The molecule has 0 radical (unpaired) electrons. The number of hydrogen-bond acceptors (Lipinski definition) is 3. The van der Waals surface area contributed by atoms with Crippen LogP contribution < -0.4 is 0 Å². The Hall–Kier alpha value is -0.410. The number of carbonyl (C=O) groups is 1. The predicted octanol–water partition coefficient (Wildman–Crippen LogP) is 2.16. The summed E-state index contributed by atoms with van der Waals surface area (Å²) >= 11 is 0. The van der Waals surface area contributed by atoms with E-state index in [4.69, 9.17) is 0 Å². The van der Waals surface area contributed by atoms with E-state index < -0.39 is 0 Å². The first-order valence-corrected chi connectivity index (χ1v) is 7.67. The number of likely N-dealkylation sites (tertiary alicyclic amines) is 2. The van der Waals surface area contributed by atoms with Crippen LogP contribution in [0.25, 0.3) is 0 Å². The summed E-state index contributed by atoms with van der Waals surface area (Å²) in [6.07, 6.45) is 5.93. The third-order valence-electron chi connectivity index (χ3n) is 4.69. The monoisotopic (exact) mass is 252 g/mol. The average Bonchev–Trinajstić information content (AvgIpc) is 2.40. The van der Waals surface area contributed by atoms with Crippen LogP contribution in [0.2, 0.25) is 0 Å². The van der Waals surface area contributed by atoms with E-state index in [9.17, 15) is 4.79 Å². The summed E-state index contributed by atoms with van der Waals surface area (Å²) in [7, 11) is 0. The summed E-state index contributed by atoms with van der Waals surface area (Å²) < 4.78 is 0. The Morgan fingerprint density at radius 1 is 1.06 bits per heavy atom. The largest absolute Gasteiger partial charge is 0.300 e. The van der Waals surface area contributed by atoms with Gasteiger partial charge in [0.25, 0.3) is 0 Å². The highest BCUT2D eigenvalue weighted by atomic mass is 16.1. The van der Waals surface area contributed by atoms with Gasteiger partial charge in [0.1, 0.15) is 5.78 Å². The van der Waals surface area contributed by atoms with Crippen LogP contribution in [0.15, 0.2) is 0 Å². The van der Waals surface area contributed by atoms with Crippen LogP contribution in [0.5, 0.6) is 0 Å². The topological polar surface area (TPSA) is 23.6 Å². The van der Waals surface area contributed by atoms with Crippen LogP contribution >= 0.6 is 0 Å². The van der Waals surface area contributed by atoms with E-state index >= 15 is 0 Å². The molecule has 0 aromatic heterocycles. The summed E-state index contributed by atoms with van der Waals surface area (Å²) in [5.41, 5.74) is 0. The molecule has 2 rings (SSSR count). The summed E-state index contributed by atoms with van der Waals surface area (Å²) in [4.78, 5) is 16.5. The molecule has 0 atom stereocenters. The molecule has 3 nitrogen and oxygen atoms in total. The smallest absolute Gasteiger partial charge is 0.146 e. The zero-order valence-electron chi connectivity index (χ0n) is 12.0. The van der Waals surface area contributed by atoms with E-state index in [0.717, 1.165) is 25.0 Å². The molecule has 0 bridgehead atoms. The molecule has 0 spiro atoms. The second-order valence-electron chi connectivity index (χ2n) is 6.12. The maximum atomic E-state index is 11.4. The molecule has 2 fully saturated rings. The van der Waals surface area contributed by atoms with Crippen LogP contribution in [0.4, 0.5) is 0 Å². The quantitative estimate of drug-likeness (QED) is 0.766. The number of carbonyl (C=O) groups excluding carboxylic acids is 1. The Kier molecular flexibility index (Phi) is 5.19. The van der Waals surface area contributed by atoms with Gasteiger partial charge >= 0.3 is 0 Å². The van der Waals surface area contributed by atoms with Crippen LogP contribution in [0, 0.1) is 5.92 Å². The zero-order valence-corrected chi connectivity index (χ0v) is 12.0. The summed E-state index contributed by atoms with van der Waals surface area (Å²) in [6.45, 7) is 9.82. The fraction of sp³-hybridized carbons (Fsp3) is 0.933. The summed E-state index contributed by atoms with van der Waals surface area (Å²) in [5.74, 6) is 1.31. The molecular weight excluding hydrogens is 224 g/mol. The first kappa shape index (κ1) is 14.0.